The summed E-state index contributed by atoms with van der Waals surface area (Å²) in [5, 5.41) is 3.09. The molecule has 1 heterocycles. The SMILES string of the molecule is CNc1nc(-c2ccccc2)nc(COC)c1I. The Bertz CT molecular complexity index is 531. The largest absolute Gasteiger partial charge is 0.378 e. The van der Waals surface area contributed by atoms with Gasteiger partial charge < -0.3 is 10.1 Å². The number of aromatic nitrogens is 2. The van der Waals surface area contributed by atoms with E-state index in [0.717, 1.165) is 20.6 Å². The van der Waals surface area contributed by atoms with E-state index in [1.807, 2.05) is 37.4 Å². The first kappa shape index (κ1) is 13.2. The van der Waals surface area contributed by atoms with Crippen molar-refractivity contribution < 1.29 is 4.74 Å². The summed E-state index contributed by atoms with van der Waals surface area (Å²) < 4.78 is 6.17. The van der Waals surface area contributed by atoms with Crippen molar-refractivity contribution in [3.8, 4) is 11.4 Å². The van der Waals surface area contributed by atoms with E-state index in [4.69, 9.17) is 4.74 Å². The molecule has 0 aliphatic carbocycles. The molecular weight excluding hydrogens is 341 g/mol. The molecule has 0 unspecified atom stereocenters. The zero-order valence-electron chi connectivity index (χ0n) is 10.3. The normalized spacial score (nSPS) is 10.4. The molecule has 18 heavy (non-hydrogen) atoms. The molecule has 1 aromatic carbocycles. The Morgan fingerprint density at radius 2 is 1.94 bits per heavy atom. The second kappa shape index (κ2) is 6.10. The fourth-order valence-electron chi connectivity index (χ4n) is 1.61. The first-order valence-corrected chi connectivity index (χ1v) is 6.62. The van der Waals surface area contributed by atoms with Crippen LogP contribution in [0.3, 0.4) is 0 Å². The van der Waals surface area contributed by atoms with E-state index in [1.54, 1.807) is 7.11 Å². The van der Waals surface area contributed by atoms with Gasteiger partial charge in [-0.05, 0) is 22.6 Å². The zero-order valence-corrected chi connectivity index (χ0v) is 12.4. The molecule has 0 atom stereocenters. The van der Waals surface area contributed by atoms with Gasteiger partial charge in [-0.25, -0.2) is 9.97 Å². The summed E-state index contributed by atoms with van der Waals surface area (Å²) in [6, 6.07) is 9.93. The lowest BCUT2D eigenvalue weighted by Gasteiger charge is -2.10. The first-order valence-electron chi connectivity index (χ1n) is 5.54. The van der Waals surface area contributed by atoms with Gasteiger partial charge >= 0.3 is 0 Å². The number of methoxy groups -OCH3 is 1. The summed E-state index contributed by atoms with van der Waals surface area (Å²) in [4.78, 5) is 9.08. The lowest BCUT2D eigenvalue weighted by Crippen LogP contribution is -2.06. The van der Waals surface area contributed by atoms with Crippen LogP contribution >= 0.6 is 22.6 Å². The molecule has 0 saturated carbocycles. The zero-order chi connectivity index (χ0) is 13.0. The van der Waals surface area contributed by atoms with Crippen LogP contribution < -0.4 is 5.32 Å². The number of hydrogen-bond donors (Lipinski definition) is 1. The number of ether oxygens (including phenoxy) is 1. The van der Waals surface area contributed by atoms with E-state index in [9.17, 15) is 0 Å². The number of anilines is 1. The van der Waals surface area contributed by atoms with Crippen LogP contribution in [0, 0.1) is 3.57 Å². The lowest BCUT2D eigenvalue weighted by atomic mass is 10.2. The highest BCUT2D eigenvalue weighted by Gasteiger charge is 2.12. The van der Waals surface area contributed by atoms with Crippen LogP contribution in [0.5, 0.6) is 0 Å². The molecule has 2 rings (SSSR count). The van der Waals surface area contributed by atoms with Gasteiger partial charge in [-0.1, -0.05) is 30.3 Å². The number of nitrogens with zero attached hydrogens (tertiary/aromatic N) is 2. The van der Waals surface area contributed by atoms with E-state index in [1.165, 1.54) is 0 Å². The highest BCUT2D eigenvalue weighted by molar-refractivity contribution is 14.1. The predicted molar refractivity (Wildman–Crippen MR) is 80.4 cm³/mol. The Morgan fingerprint density at radius 3 is 2.56 bits per heavy atom. The van der Waals surface area contributed by atoms with Gasteiger partial charge in [0, 0.05) is 19.7 Å². The van der Waals surface area contributed by atoms with Crippen molar-refractivity contribution >= 4 is 28.4 Å². The summed E-state index contributed by atoms with van der Waals surface area (Å²) in [7, 11) is 3.52. The van der Waals surface area contributed by atoms with Crippen molar-refractivity contribution in [3.63, 3.8) is 0 Å². The summed E-state index contributed by atoms with van der Waals surface area (Å²) in [6.07, 6.45) is 0. The maximum absolute atomic E-state index is 5.18. The lowest BCUT2D eigenvalue weighted by molar-refractivity contribution is 0.181. The van der Waals surface area contributed by atoms with Gasteiger partial charge in [-0.2, -0.15) is 0 Å². The standard InChI is InChI=1S/C13H14IN3O/c1-15-13-11(14)10(8-18-2)16-12(17-13)9-6-4-3-5-7-9/h3-7H,8H2,1-2H3,(H,15,16,17). The summed E-state index contributed by atoms with van der Waals surface area (Å²) >= 11 is 2.23. The monoisotopic (exact) mass is 355 g/mol. The molecule has 2 aromatic rings. The van der Waals surface area contributed by atoms with Crippen LogP contribution in [-0.4, -0.2) is 24.1 Å². The molecule has 0 amide bonds. The van der Waals surface area contributed by atoms with Crippen LogP contribution in [0.25, 0.3) is 11.4 Å². The number of benzene rings is 1. The Kier molecular flexibility index (Phi) is 4.48. The van der Waals surface area contributed by atoms with Gasteiger partial charge in [0.05, 0.1) is 15.9 Å². The van der Waals surface area contributed by atoms with Crippen LogP contribution in [0.4, 0.5) is 5.82 Å². The van der Waals surface area contributed by atoms with Gasteiger partial charge in [0.1, 0.15) is 5.82 Å². The number of halogens is 1. The topological polar surface area (TPSA) is 47.0 Å². The van der Waals surface area contributed by atoms with E-state index in [-0.39, 0.29) is 0 Å². The van der Waals surface area contributed by atoms with Gasteiger partial charge in [-0.15, -0.1) is 0 Å². The second-order valence-corrected chi connectivity index (χ2v) is 4.78. The molecule has 0 fully saturated rings. The third kappa shape index (κ3) is 2.78. The van der Waals surface area contributed by atoms with E-state index in [0.29, 0.717) is 12.4 Å². The van der Waals surface area contributed by atoms with E-state index in [2.05, 4.69) is 37.9 Å². The van der Waals surface area contributed by atoms with Crippen LogP contribution in [-0.2, 0) is 11.3 Å². The smallest absolute Gasteiger partial charge is 0.161 e. The minimum atomic E-state index is 0.481. The number of rotatable bonds is 4. The summed E-state index contributed by atoms with van der Waals surface area (Å²) in [5.74, 6) is 1.55. The molecule has 4 nitrogen and oxygen atoms in total. The molecule has 5 heteroatoms. The molecule has 94 valence electrons. The van der Waals surface area contributed by atoms with Gasteiger partial charge in [0.15, 0.2) is 5.82 Å². The Labute approximate surface area is 120 Å². The summed E-state index contributed by atoms with van der Waals surface area (Å²) in [6.45, 7) is 0.481. The minimum absolute atomic E-state index is 0.481. The molecule has 0 saturated heterocycles. The molecule has 0 spiro atoms. The fourth-order valence-corrected chi connectivity index (χ4v) is 2.27. The van der Waals surface area contributed by atoms with Crippen LogP contribution in [0.2, 0.25) is 0 Å². The van der Waals surface area contributed by atoms with Crippen molar-refractivity contribution in [2.75, 3.05) is 19.5 Å². The third-order valence-electron chi connectivity index (χ3n) is 2.47. The van der Waals surface area contributed by atoms with Gasteiger partial charge in [0.2, 0.25) is 0 Å². The average molecular weight is 355 g/mol. The van der Waals surface area contributed by atoms with E-state index >= 15 is 0 Å². The molecule has 1 aromatic heterocycles. The fraction of sp³-hybridized carbons (Fsp3) is 0.231. The quantitative estimate of drug-likeness (QED) is 0.857. The van der Waals surface area contributed by atoms with Gasteiger partial charge in [0.25, 0.3) is 0 Å². The van der Waals surface area contributed by atoms with Crippen molar-refractivity contribution in [2.24, 2.45) is 0 Å². The predicted octanol–water partition coefficient (Wildman–Crippen LogP) is 2.94. The molecule has 0 aliphatic rings. The molecule has 0 radical (unpaired) electrons. The van der Waals surface area contributed by atoms with Gasteiger partial charge in [-0.3, -0.25) is 0 Å². The second-order valence-electron chi connectivity index (χ2n) is 3.71. The molecular formula is C13H14IN3O. The number of nitrogens with one attached hydrogen (secondary N) is 1. The minimum Gasteiger partial charge on any atom is -0.378 e. The number of hydrogen-bond acceptors (Lipinski definition) is 4. The molecule has 0 aliphatic heterocycles. The maximum Gasteiger partial charge on any atom is 0.161 e. The third-order valence-corrected chi connectivity index (χ3v) is 3.60. The van der Waals surface area contributed by atoms with Crippen molar-refractivity contribution in [1.82, 2.24) is 9.97 Å². The summed E-state index contributed by atoms with van der Waals surface area (Å²) in [5.41, 5.74) is 1.90. The highest BCUT2D eigenvalue weighted by Crippen LogP contribution is 2.24. The highest BCUT2D eigenvalue weighted by atomic mass is 127. The van der Waals surface area contributed by atoms with E-state index < -0.39 is 0 Å². The Morgan fingerprint density at radius 1 is 1.22 bits per heavy atom. The first-order chi connectivity index (χ1) is 8.76. The van der Waals surface area contributed by atoms with Crippen molar-refractivity contribution in [2.45, 2.75) is 6.61 Å². The van der Waals surface area contributed by atoms with Crippen LogP contribution in [0.15, 0.2) is 30.3 Å². The maximum atomic E-state index is 5.18. The van der Waals surface area contributed by atoms with Crippen molar-refractivity contribution in [3.05, 3.63) is 39.6 Å². The average Bonchev–Trinajstić information content (AvgIpc) is 2.42. The Hall–Kier alpha value is -1.21. The molecule has 0 bridgehead atoms. The Balaban J connectivity index is 2.52. The molecule has 1 N–H and O–H groups in total. The van der Waals surface area contributed by atoms with Crippen molar-refractivity contribution in [1.29, 1.82) is 0 Å². The van der Waals surface area contributed by atoms with Crippen LogP contribution in [0.1, 0.15) is 5.69 Å².